The number of para-hydroxylation sites is 1. The van der Waals surface area contributed by atoms with Gasteiger partial charge in [-0.25, -0.2) is 0 Å². The van der Waals surface area contributed by atoms with Crippen molar-refractivity contribution in [2.24, 2.45) is 20.0 Å². The summed E-state index contributed by atoms with van der Waals surface area (Å²) >= 11 is 0. The van der Waals surface area contributed by atoms with E-state index in [9.17, 15) is 19.2 Å². The molecule has 9 heteroatoms. The highest BCUT2D eigenvalue weighted by atomic mass is 16.6. The van der Waals surface area contributed by atoms with Gasteiger partial charge in [-0.2, -0.15) is 0 Å². The molecule has 0 atom stereocenters. The van der Waals surface area contributed by atoms with Crippen LogP contribution in [0.4, 0.5) is 22.7 Å². The Kier molecular flexibility index (Phi) is 16.4. The van der Waals surface area contributed by atoms with Crippen molar-refractivity contribution in [3.8, 4) is 0 Å². The van der Waals surface area contributed by atoms with E-state index in [4.69, 9.17) is 0 Å². The van der Waals surface area contributed by atoms with Crippen LogP contribution in [0.15, 0.2) is 105 Å². The molecule has 4 heterocycles. The molecule has 0 fully saturated rings. The molecule has 4 aliphatic rings. The monoisotopic (exact) mass is 865 g/mol. The Hall–Kier alpha value is -6.22. The maximum atomic E-state index is 11.3. The number of Topliss-reactive ketones (excluding diaryl/α,β-unsaturated/α-hetero) is 2. The molecule has 4 aliphatic heterocycles. The number of ether oxygens (including phenoxy) is 1. The van der Waals surface area contributed by atoms with E-state index in [-0.39, 0.29) is 40.7 Å². The molecule has 0 bridgehead atoms. The van der Waals surface area contributed by atoms with Crippen molar-refractivity contribution in [2.75, 3.05) is 0 Å². The van der Waals surface area contributed by atoms with Gasteiger partial charge >= 0.3 is 11.9 Å². The molecule has 64 heavy (non-hydrogen) atoms. The zero-order chi connectivity index (χ0) is 47.4. The summed E-state index contributed by atoms with van der Waals surface area (Å²) < 4.78 is 3.97. The highest BCUT2D eigenvalue weighted by molar-refractivity contribution is 6.03. The van der Waals surface area contributed by atoms with Gasteiger partial charge < -0.3 is 4.74 Å². The maximum absolute atomic E-state index is 11.3. The Bertz CT molecular complexity index is 2510. The first-order chi connectivity index (χ1) is 29.2. The van der Waals surface area contributed by atoms with E-state index in [1.807, 2.05) is 62.4 Å². The van der Waals surface area contributed by atoms with Crippen molar-refractivity contribution in [3.63, 3.8) is 0 Å². The molecular formula is C55H68N4O5. The molecule has 9 nitrogen and oxygen atoms in total. The highest BCUT2D eigenvalue weighted by Crippen LogP contribution is 2.43. The molecule has 0 amide bonds. The fourth-order valence-corrected chi connectivity index (χ4v) is 7.35. The Morgan fingerprint density at radius 3 is 1.09 bits per heavy atom. The van der Waals surface area contributed by atoms with Crippen LogP contribution in [-0.2, 0) is 36.0 Å². The van der Waals surface area contributed by atoms with Gasteiger partial charge in [0.1, 0.15) is 0 Å². The largest absolute Gasteiger partial charge is 0.394 e. The number of hydrogen-bond donors (Lipinski definition) is 0. The summed E-state index contributed by atoms with van der Waals surface area (Å²) in [7, 11) is 0. The van der Waals surface area contributed by atoms with Crippen LogP contribution in [0.2, 0.25) is 0 Å². The summed E-state index contributed by atoms with van der Waals surface area (Å²) in [5.41, 5.74) is 16.7. The van der Waals surface area contributed by atoms with Gasteiger partial charge in [0, 0.05) is 69.5 Å². The van der Waals surface area contributed by atoms with Gasteiger partial charge in [0.05, 0.1) is 22.7 Å². The van der Waals surface area contributed by atoms with Crippen molar-refractivity contribution in [1.82, 2.24) is 0 Å². The quantitative estimate of drug-likeness (QED) is 0.115. The van der Waals surface area contributed by atoms with Crippen molar-refractivity contribution < 1.29 is 23.9 Å². The first-order valence-electron chi connectivity index (χ1n) is 21.3. The van der Waals surface area contributed by atoms with E-state index in [1.54, 1.807) is 13.8 Å². The van der Waals surface area contributed by atoms with Gasteiger partial charge in [0.25, 0.3) is 0 Å². The third kappa shape index (κ3) is 11.3. The van der Waals surface area contributed by atoms with Crippen molar-refractivity contribution in [2.45, 2.75) is 140 Å². The second-order valence-corrected chi connectivity index (χ2v) is 18.4. The second kappa shape index (κ2) is 20.1. The Morgan fingerprint density at radius 2 is 0.781 bits per heavy atom. The lowest BCUT2D eigenvalue weighted by molar-refractivity contribution is -0.156. The predicted octanol–water partition coefficient (Wildman–Crippen LogP) is 14.1. The third-order valence-electron chi connectivity index (χ3n) is 12.7. The molecule has 0 N–H and O–H groups in total. The Balaban J connectivity index is 0.000000216. The van der Waals surface area contributed by atoms with Crippen LogP contribution >= 0.6 is 0 Å². The molecular weight excluding hydrogens is 797 g/mol. The normalized spacial score (nSPS) is 16.2. The van der Waals surface area contributed by atoms with E-state index in [2.05, 4.69) is 137 Å². The number of carbonyl (C=O) groups excluding carboxylic acids is 4. The van der Waals surface area contributed by atoms with Crippen LogP contribution in [0, 0.1) is 0 Å². The van der Waals surface area contributed by atoms with E-state index in [0.29, 0.717) is 0 Å². The van der Waals surface area contributed by atoms with Gasteiger partial charge in [-0.1, -0.05) is 99.7 Å². The molecule has 0 spiro atoms. The fourth-order valence-electron chi connectivity index (χ4n) is 7.35. The summed E-state index contributed by atoms with van der Waals surface area (Å²) in [6.07, 6.45) is 1.88. The molecule has 0 saturated heterocycles. The minimum Gasteiger partial charge on any atom is -0.394 e. The number of carbonyl (C=O) groups is 4. The SMILES string of the molecule is C.C=Cc1ccc2c(c1)C(C)(C)C(C)=N2.CC(=O)OC(C)=O.CC(=O)c1ccc2c(c1)C(C)(C)C(C)=N2.CC(=O)c1ccc2c(c1)C(C)(C)C(C)=N2.CC1=Nc2ccccc2C1(C)C. The van der Waals surface area contributed by atoms with Gasteiger partial charge in [-0.15, -0.1) is 0 Å². The number of rotatable bonds is 3. The number of ketones is 2. The van der Waals surface area contributed by atoms with Gasteiger partial charge in [0.15, 0.2) is 11.6 Å². The van der Waals surface area contributed by atoms with Crippen molar-refractivity contribution in [3.05, 3.63) is 124 Å². The fraction of sp³-hybridized carbons (Fsp3) is 0.382. The summed E-state index contributed by atoms with van der Waals surface area (Å²) in [4.78, 5) is 60.3. The number of nitrogens with zero attached hydrogens (tertiary/aromatic N) is 4. The number of fused-ring (bicyclic) bond motifs is 4. The number of esters is 2. The first-order valence-corrected chi connectivity index (χ1v) is 21.3. The average Bonchev–Trinajstić information content (AvgIpc) is 3.77. The van der Waals surface area contributed by atoms with Crippen LogP contribution in [0.5, 0.6) is 0 Å². The van der Waals surface area contributed by atoms with Gasteiger partial charge in [-0.05, 0) is 124 Å². The van der Waals surface area contributed by atoms with Crippen LogP contribution in [-0.4, -0.2) is 46.4 Å². The molecule has 8 rings (SSSR count). The van der Waals surface area contributed by atoms with E-state index in [1.165, 1.54) is 42.0 Å². The lowest BCUT2D eigenvalue weighted by atomic mass is 9.81. The minimum absolute atomic E-state index is 0. The smallest absolute Gasteiger partial charge is 0.310 e. The van der Waals surface area contributed by atoms with E-state index >= 15 is 0 Å². The number of hydrogen-bond acceptors (Lipinski definition) is 9. The standard InChI is InChI=1S/2C13H15NO.C13H15N.C11H13N.C4H6O3.CH4/c2*1-8(15)10-5-6-12-11(7-10)13(3,4)9(2)14-12;1-5-10-6-7-12-11(8-10)13(3,4)9(2)14-12;1-8-11(2,3)9-6-4-5-7-10(9)12-8;1-3(5)7-4(2)6;/h2*5-7H,1-4H3;5-8H,1H2,2-4H3;4-7H,1-3H3;1-2H3;1H4. The first kappa shape index (κ1) is 52.1. The topological polar surface area (TPSA) is 127 Å². The Labute approximate surface area is 382 Å². The van der Waals surface area contributed by atoms with Crippen molar-refractivity contribution >= 4 is 75.2 Å². The van der Waals surface area contributed by atoms with Gasteiger partial charge in [0.2, 0.25) is 0 Å². The summed E-state index contributed by atoms with van der Waals surface area (Å²) in [5, 5.41) is 0. The minimum atomic E-state index is -0.562. The second-order valence-electron chi connectivity index (χ2n) is 18.4. The molecule has 0 aliphatic carbocycles. The molecule has 0 saturated carbocycles. The van der Waals surface area contributed by atoms with Crippen LogP contribution < -0.4 is 0 Å². The van der Waals surface area contributed by atoms with Crippen LogP contribution in [0.25, 0.3) is 6.08 Å². The molecule has 4 aromatic carbocycles. The third-order valence-corrected chi connectivity index (χ3v) is 12.7. The summed E-state index contributed by atoms with van der Waals surface area (Å²) in [5.74, 6) is -0.906. The predicted molar refractivity (Wildman–Crippen MR) is 268 cm³/mol. The molecule has 338 valence electrons. The lowest BCUT2D eigenvalue weighted by Gasteiger charge is -2.20. The average molecular weight is 865 g/mol. The zero-order valence-corrected chi connectivity index (χ0v) is 40.1. The molecule has 0 unspecified atom stereocenters. The van der Waals surface area contributed by atoms with Crippen molar-refractivity contribution in [1.29, 1.82) is 0 Å². The summed E-state index contributed by atoms with van der Waals surface area (Å²) in [6, 6.07) is 26.2. The van der Waals surface area contributed by atoms with E-state index < -0.39 is 11.9 Å². The highest BCUT2D eigenvalue weighted by Gasteiger charge is 2.35. The van der Waals surface area contributed by atoms with Gasteiger partial charge in [-0.3, -0.25) is 39.1 Å². The maximum Gasteiger partial charge on any atom is 0.310 e. The molecule has 0 aromatic heterocycles. The lowest BCUT2D eigenvalue weighted by Crippen LogP contribution is -2.22. The summed E-state index contributed by atoms with van der Waals surface area (Å²) in [6.45, 7) is 35.0. The molecule has 0 radical (unpaired) electrons. The van der Waals surface area contributed by atoms with E-state index in [0.717, 1.165) is 56.4 Å². The number of aliphatic imine (C=N–C) groups is 4. The van der Waals surface area contributed by atoms with Crippen LogP contribution in [0.1, 0.15) is 167 Å². The zero-order valence-electron chi connectivity index (χ0n) is 40.1. The molecule has 4 aromatic rings. The van der Waals surface area contributed by atoms with Crippen LogP contribution in [0.3, 0.4) is 0 Å². The number of benzene rings is 4. The Morgan fingerprint density at radius 1 is 0.469 bits per heavy atom.